The molecule has 6 nitrogen and oxygen atoms in total. The van der Waals surface area contributed by atoms with Gasteiger partial charge in [-0.15, -0.1) is 0 Å². The quantitative estimate of drug-likeness (QED) is 0.592. The highest BCUT2D eigenvalue weighted by Crippen LogP contribution is 2.20. The third-order valence-corrected chi connectivity index (χ3v) is 3.76. The van der Waals surface area contributed by atoms with Crippen LogP contribution in [0.25, 0.3) is 11.4 Å². The van der Waals surface area contributed by atoms with Crippen molar-refractivity contribution < 1.29 is 13.9 Å². The Kier molecular flexibility index (Phi) is 5.87. The SMILES string of the molecule is C[C@H](CO)Nc1nc(NCc2ccc(F)c(F)c2)cc(-c2ccccn2)n1. The highest BCUT2D eigenvalue weighted by molar-refractivity contribution is 5.61. The molecule has 1 atom stereocenters. The molecule has 0 aliphatic heterocycles. The summed E-state index contributed by atoms with van der Waals surface area (Å²) in [5.74, 6) is -0.969. The summed E-state index contributed by atoms with van der Waals surface area (Å²) in [6.45, 7) is 1.98. The van der Waals surface area contributed by atoms with Gasteiger partial charge in [0.1, 0.15) is 5.82 Å². The van der Waals surface area contributed by atoms with E-state index in [0.29, 0.717) is 28.7 Å². The monoisotopic (exact) mass is 371 g/mol. The number of hydrogen-bond acceptors (Lipinski definition) is 6. The second-order valence-electron chi connectivity index (χ2n) is 6.01. The maximum Gasteiger partial charge on any atom is 0.225 e. The molecule has 0 amide bonds. The lowest BCUT2D eigenvalue weighted by molar-refractivity contribution is 0.281. The number of halogens is 2. The van der Waals surface area contributed by atoms with Crippen LogP contribution in [-0.4, -0.2) is 32.7 Å². The molecule has 0 aliphatic rings. The number of pyridine rings is 1. The first-order valence-electron chi connectivity index (χ1n) is 8.41. The van der Waals surface area contributed by atoms with Gasteiger partial charge in [0.15, 0.2) is 11.6 Å². The molecule has 2 heterocycles. The topological polar surface area (TPSA) is 83.0 Å². The predicted molar refractivity (Wildman–Crippen MR) is 99.1 cm³/mol. The van der Waals surface area contributed by atoms with Gasteiger partial charge >= 0.3 is 0 Å². The van der Waals surface area contributed by atoms with E-state index in [4.69, 9.17) is 0 Å². The van der Waals surface area contributed by atoms with Crippen molar-refractivity contribution >= 4 is 11.8 Å². The van der Waals surface area contributed by atoms with E-state index in [2.05, 4.69) is 25.6 Å². The molecular weight excluding hydrogens is 352 g/mol. The fourth-order valence-electron chi connectivity index (χ4n) is 2.36. The highest BCUT2D eigenvalue weighted by Gasteiger charge is 2.10. The van der Waals surface area contributed by atoms with Gasteiger partial charge in [0.05, 0.1) is 18.0 Å². The predicted octanol–water partition coefficient (Wildman–Crippen LogP) is 3.22. The van der Waals surface area contributed by atoms with Gasteiger partial charge in [-0.2, -0.15) is 4.98 Å². The maximum atomic E-state index is 13.4. The molecule has 0 bridgehead atoms. The zero-order valence-corrected chi connectivity index (χ0v) is 14.7. The Morgan fingerprint density at radius 1 is 1.04 bits per heavy atom. The van der Waals surface area contributed by atoms with Gasteiger partial charge in [-0.25, -0.2) is 13.8 Å². The van der Waals surface area contributed by atoms with E-state index in [-0.39, 0.29) is 19.2 Å². The Morgan fingerprint density at radius 2 is 1.89 bits per heavy atom. The van der Waals surface area contributed by atoms with E-state index in [9.17, 15) is 13.9 Å². The minimum atomic E-state index is -0.898. The first-order chi connectivity index (χ1) is 13.0. The van der Waals surface area contributed by atoms with Crippen LogP contribution in [0, 0.1) is 11.6 Å². The van der Waals surface area contributed by atoms with Crippen molar-refractivity contribution in [2.24, 2.45) is 0 Å². The number of benzene rings is 1. The number of rotatable bonds is 7. The summed E-state index contributed by atoms with van der Waals surface area (Å²) in [5.41, 5.74) is 1.83. The summed E-state index contributed by atoms with van der Waals surface area (Å²) in [4.78, 5) is 13.1. The summed E-state index contributed by atoms with van der Waals surface area (Å²) in [5, 5.41) is 15.3. The third kappa shape index (κ3) is 4.95. The van der Waals surface area contributed by atoms with E-state index < -0.39 is 11.6 Å². The van der Waals surface area contributed by atoms with Crippen molar-refractivity contribution in [2.75, 3.05) is 17.2 Å². The molecule has 2 aromatic heterocycles. The molecule has 0 saturated heterocycles. The summed E-state index contributed by atoms with van der Waals surface area (Å²) < 4.78 is 26.4. The van der Waals surface area contributed by atoms with Gasteiger partial charge < -0.3 is 15.7 Å². The van der Waals surface area contributed by atoms with Crippen LogP contribution in [0.5, 0.6) is 0 Å². The summed E-state index contributed by atoms with van der Waals surface area (Å²) in [6, 6.07) is 10.7. The van der Waals surface area contributed by atoms with Crippen molar-refractivity contribution in [2.45, 2.75) is 19.5 Å². The normalized spacial score (nSPS) is 11.9. The first-order valence-corrected chi connectivity index (χ1v) is 8.41. The number of nitrogens with one attached hydrogen (secondary N) is 2. The van der Waals surface area contributed by atoms with E-state index in [1.807, 2.05) is 12.1 Å². The van der Waals surface area contributed by atoms with E-state index in [1.54, 1.807) is 25.3 Å². The molecular formula is C19H19F2N5O. The Hall–Kier alpha value is -3.13. The van der Waals surface area contributed by atoms with Gasteiger partial charge in [-0.3, -0.25) is 4.98 Å². The number of anilines is 2. The van der Waals surface area contributed by atoms with Crippen molar-refractivity contribution in [3.8, 4) is 11.4 Å². The molecule has 3 rings (SSSR count). The van der Waals surface area contributed by atoms with E-state index in [0.717, 1.165) is 12.1 Å². The molecule has 0 spiro atoms. The molecule has 0 radical (unpaired) electrons. The summed E-state index contributed by atoms with van der Waals surface area (Å²) in [7, 11) is 0. The van der Waals surface area contributed by atoms with Gasteiger partial charge in [0.25, 0.3) is 0 Å². The molecule has 3 N–H and O–H groups in total. The van der Waals surface area contributed by atoms with Crippen molar-refractivity contribution in [1.29, 1.82) is 0 Å². The second-order valence-corrected chi connectivity index (χ2v) is 6.01. The second kappa shape index (κ2) is 8.50. The lowest BCUT2D eigenvalue weighted by atomic mass is 10.2. The van der Waals surface area contributed by atoms with Crippen LogP contribution in [0.4, 0.5) is 20.5 Å². The van der Waals surface area contributed by atoms with Gasteiger partial charge in [-0.05, 0) is 36.8 Å². The number of hydrogen-bond donors (Lipinski definition) is 3. The molecule has 0 fully saturated rings. The Morgan fingerprint density at radius 3 is 2.59 bits per heavy atom. The Balaban J connectivity index is 1.86. The largest absolute Gasteiger partial charge is 0.394 e. The van der Waals surface area contributed by atoms with Gasteiger partial charge in [0.2, 0.25) is 5.95 Å². The van der Waals surface area contributed by atoms with Crippen LogP contribution in [0.2, 0.25) is 0 Å². The van der Waals surface area contributed by atoms with Crippen LogP contribution in [0.1, 0.15) is 12.5 Å². The lowest BCUT2D eigenvalue weighted by Crippen LogP contribution is -2.21. The number of nitrogens with zero attached hydrogens (tertiary/aromatic N) is 3. The first kappa shape index (κ1) is 18.7. The van der Waals surface area contributed by atoms with E-state index >= 15 is 0 Å². The molecule has 0 aliphatic carbocycles. The zero-order valence-electron chi connectivity index (χ0n) is 14.7. The van der Waals surface area contributed by atoms with Crippen LogP contribution >= 0.6 is 0 Å². The molecule has 0 unspecified atom stereocenters. The fraction of sp³-hybridized carbons (Fsp3) is 0.211. The smallest absolute Gasteiger partial charge is 0.225 e. The Bertz CT molecular complexity index is 908. The molecule has 140 valence electrons. The van der Waals surface area contributed by atoms with Crippen molar-refractivity contribution in [3.63, 3.8) is 0 Å². The lowest BCUT2D eigenvalue weighted by Gasteiger charge is -2.14. The summed E-state index contributed by atoms with van der Waals surface area (Å²) in [6.07, 6.45) is 1.66. The molecule has 8 heteroatoms. The minimum absolute atomic E-state index is 0.0746. The number of aliphatic hydroxyl groups is 1. The molecule has 27 heavy (non-hydrogen) atoms. The van der Waals surface area contributed by atoms with Crippen LogP contribution < -0.4 is 10.6 Å². The number of aromatic nitrogens is 3. The van der Waals surface area contributed by atoms with Crippen LogP contribution in [-0.2, 0) is 6.54 Å². The average molecular weight is 371 g/mol. The maximum absolute atomic E-state index is 13.4. The molecule has 0 saturated carbocycles. The minimum Gasteiger partial charge on any atom is -0.394 e. The third-order valence-electron chi connectivity index (χ3n) is 3.76. The van der Waals surface area contributed by atoms with Crippen molar-refractivity contribution in [1.82, 2.24) is 15.0 Å². The van der Waals surface area contributed by atoms with E-state index in [1.165, 1.54) is 6.07 Å². The standard InChI is InChI=1S/C19H19F2N5O/c1-12(11-27)24-19-25-17(16-4-2-3-7-22-16)9-18(26-19)23-10-13-5-6-14(20)15(21)8-13/h2-9,12,27H,10-11H2,1H3,(H2,23,24,25,26)/t12-/m1/s1. The number of aliphatic hydroxyl groups excluding tert-OH is 1. The van der Waals surface area contributed by atoms with Gasteiger partial charge in [-0.1, -0.05) is 12.1 Å². The molecule has 1 aromatic carbocycles. The van der Waals surface area contributed by atoms with Crippen molar-refractivity contribution in [3.05, 3.63) is 65.9 Å². The van der Waals surface area contributed by atoms with Crippen LogP contribution in [0.3, 0.4) is 0 Å². The molecule has 3 aromatic rings. The zero-order chi connectivity index (χ0) is 19.2. The Labute approximate surface area is 155 Å². The van der Waals surface area contributed by atoms with Gasteiger partial charge in [0, 0.05) is 24.8 Å². The average Bonchev–Trinajstić information content (AvgIpc) is 2.69. The van der Waals surface area contributed by atoms with Crippen LogP contribution in [0.15, 0.2) is 48.7 Å². The summed E-state index contributed by atoms with van der Waals surface area (Å²) >= 11 is 0. The highest BCUT2D eigenvalue weighted by atomic mass is 19.2. The fourth-order valence-corrected chi connectivity index (χ4v) is 2.36.